The fraction of sp³-hybridized carbons (Fsp3) is 0.556. The Balaban J connectivity index is 2.35. The molecule has 4 atom stereocenters. The lowest BCUT2D eigenvalue weighted by molar-refractivity contribution is -0.0550. The van der Waals surface area contributed by atoms with Gasteiger partial charge in [-0.25, -0.2) is 4.79 Å². The molecule has 1 aromatic rings. The smallest absolute Gasteiger partial charge is 0.328 e. The lowest BCUT2D eigenvalue weighted by Crippen LogP contribution is -2.35. The Labute approximate surface area is 101 Å². The van der Waals surface area contributed by atoms with Gasteiger partial charge in [0.25, 0.3) is 0 Å². The number of aliphatic hydroxyl groups is 3. The Kier molecular flexibility index (Phi) is 3.40. The van der Waals surface area contributed by atoms with E-state index < -0.39 is 36.8 Å². The van der Waals surface area contributed by atoms with E-state index in [-0.39, 0.29) is 4.64 Å². The highest BCUT2D eigenvalue weighted by Crippen LogP contribution is 2.27. The third-order valence-corrected chi connectivity index (χ3v) is 2.88. The zero-order valence-corrected chi connectivity index (χ0v) is 9.50. The summed E-state index contributed by atoms with van der Waals surface area (Å²) in [7, 11) is 0. The molecule has 1 fully saturated rings. The van der Waals surface area contributed by atoms with Crippen molar-refractivity contribution in [2.45, 2.75) is 24.5 Å². The minimum atomic E-state index is -1.28. The molecule has 0 spiro atoms. The largest absolute Gasteiger partial charge is 0.394 e. The van der Waals surface area contributed by atoms with Crippen LogP contribution in [0.5, 0.6) is 0 Å². The summed E-state index contributed by atoms with van der Waals surface area (Å²) in [5.41, 5.74) is -0.549. The molecule has 0 aromatic carbocycles. The molecule has 8 heteroatoms. The standard InChI is InChI=1S/C9H12N2O5S/c12-3-4-6(13)7(14)8(16-4)11-2-1-5(17)10-9(11)15/h1-2,4,6-8,12-14H,3H2,(H,10,15,17)/t4-,6-,7-,8-/m0/s1. The molecule has 1 aliphatic heterocycles. The number of hydrogen-bond donors (Lipinski definition) is 4. The molecule has 17 heavy (non-hydrogen) atoms. The summed E-state index contributed by atoms with van der Waals surface area (Å²) in [5, 5.41) is 28.2. The van der Waals surface area contributed by atoms with E-state index in [9.17, 15) is 15.0 Å². The van der Waals surface area contributed by atoms with Gasteiger partial charge < -0.3 is 20.1 Å². The quantitative estimate of drug-likeness (QED) is 0.483. The highest BCUT2D eigenvalue weighted by atomic mass is 32.1. The number of H-pyrrole nitrogens is 1. The van der Waals surface area contributed by atoms with Crippen LogP contribution >= 0.6 is 12.2 Å². The van der Waals surface area contributed by atoms with Crippen LogP contribution in [-0.2, 0) is 4.74 Å². The van der Waals surface area contributed by atoms with Gasteiger partial charge in [0.05, 0.1) is 6.61 Å². The molecule has 1 aliphatic rings. The first kappa shape index (κ1) is 12.4. The SMILES string of the molecule is O=c1[nH]c(=S)ccn1[C@H]1O[C@@H](CO)[C@H](O)[C@@H]1O. The zero-order chi connectivity index (χ0) is 12.6. The molecule has 0 aliphatic carbocycles. The summed E-state index contributed by atoms with van der Waals surface area (Å²) in [5.74, 6) is 0. The van der Waals surface area contributed by atoms with Crippen LogP contribution in [0.15, 0.2) is 17.1 Å². The molecule has 7 nitrogen and oxygen atoms in total. The van der Waals surface area contributed by atoms with Gasteiger partial charge in [-0.05, 0) is 6.07 Å². The number of aromatic nitrogens is 2. The Morgan fingerprint density at radius 1 is 1.47 bits per heavy atom. The first-order chi connectivity index (χ1) is 8.04. The maximum atomic E-state index is 11.6. The summed E-state index contributed by atoms with van der Waals surface area (Å²) < 4.78 is 6.55. The molecule has 2 rings (SSSR count). The number of nitrogens with zero attached hydrogens (tertiary/aromatic N) is 1. The van der Waals surface area contributed by atoms with Crippen molar-refractivity contribution in [3.05, 3.63) is 27.4 Å². The lowest BCUT2D eigenvalue weighted by atomic mass is 10.1. The van der Waals surface area contributed by atoms with E-state index in [1.807, 2.05) is 0 Å². The first-order valence-electron chi connectivity index (χ1n) is 4.98. The average molecular weight is 260 g/mol. The fourth-order valence-corrected chi connectivity index (χ4v) is 1.89. The lowest BCUT2D eigenvalue weighted by Gasteiger charge is -2.16. The maximum Gasteiger partial charge on any atom is 0.328 e. The second-order valence-corrected chi connectivity index (χ2v) is 4.19. The summed E-state index contributed by atoms with van der Waals surface area (Å²) in [6.45, 7) is -0.438. The van der Waals surface area contributed by atoms with Crippen LogP contribution in [0.4, 0.5) is 0 Å². The summed E-state index contributed by atoms with van der Waals surface area (Å²) in [6.07, 6.45) is -3.11. The van der Waals surface area contributed by atoms with Crippen molar-refractivity contribution >= 4 is 12.2 Å². The molecule has 0 bridgehead atoms. The molecule has 0 saturated carbocycles. The zero-order valence-electron chi connectivity index (χ0n) is 8.68. The highest BCUT2D eigenvalue weighted by molar-refractivity contribution is 7.71. The minimum absolute atomic E-state index is 0.262. The normalized spacial score (nSPS) is 32.9. The van der Waals surface area contributed by atoms with Crippen molar-refractivity contribution in [3.63, 3.8) is 0 Å². The second kappa shape index (κ2) is 4.67. The Hall–Kier alpha value is -1.06. The molecule has 94 valence electrons. The highest BCUT2D eigenvalue weighted by Gasteiger charge is 2.43. The summed E-state index contributed by atoms with van der Waals surface area (Å²) >= 11 is 4.77. The summed E-state index contributed by atoms with van der Waals surface area (Å²) in [4.78, 5) is 14.0. The van der Waals surface area contributed by atoms with E-state index in [1.165, 1.54) is 12.3 Å². The van der Waals surface area contributed by atoms with Gasteiger partial charge in [0.15, 0.2) is 6.23 Å². The molecule has 0 radical (unpaired) electrons. The van der Waals surface area contributed by atoms with Crippen LogP contribution < -0.4 is 5.69 Å². The van der Waals surface area contributed by atoms with Crippen LogP contribution in [0.1, 0.15) is 6.23 Å². The van der Waals surface area contributed by atoms with Gasteiger partial charge >= 0.3 is 5.69 Å². The molecule has 2 heterocycles. The van der Waals surface area contributed by atoms with Crippen molar-refractivity contribution < 1.29 is 20.1 Å². The average Bonchev–Trinajstić information content (AvgIpc) is 2.57. The minimum Gasteiger partial charge on any atom is -0.394 e. The van der Waals surface area contributed by atoms with Gasteiger partial charge in [-0.3, -0.25) is 9.55 Å². The first-order valence-corrected chi connectivity index (χ1v) is 5.39. The van der Waals surface area contributed by atoms with Crippen LogP contribution in [-0.4, -0.2) is 49.8 Å². The predicted octanol–water partition coefficient (Wildman–Crippen LogP) is -1.48. The van der Waals surface area contributed by atoms with E-state index in [4.69, 9.17) is 22.1 Å². The van der Waals surface area contributed by atoms with Crippen molar-refractivity contribution in [3.8, 4) is 0 Å². The van der Waals surface area contributed by atoms with Crippen molar-refractivity contribution in [2.75, 3.05) is 6.61 Å². The van der Waals surface area contributed by atoms with Gasteiger partial charge in [0.1, 0.15) is 23.0 Å². The maximum absolute atomic E-state index is 11.6. The van der Waals surface area contributed by atoms with E-state index in [1.54, 1.807) is 0 Å². The Morgan fingerprint density at radius 3 is 2.71 bits per heavy atom. The Bertz CT molecular complexity index is 513. The van der Waals surface area contributed by atoms with E-state index >= 15 is 0 Å². The molecular weight excluding hydrogens is 248 g/mol. The van der Waals surface area contributed by atoms with Gasteiger partial charge in [0, 0.05) is 6.20 Å². The molecule has 0 unspecified atom stereocenters. The monoisotopic (exact) mass is 260 g/mol. The fourth-order valence-electron chi connectivity index (χ4n) is 1.74. The topological polar surface area (TPSA) is 108 Å². The van der Waals surface area contributed by atoms with Crippen molar-refractivity contribution in [1.29, 1.82) is 0 Å². The van der Waals surface area contributed by atoms with Crippen LogP contribution in [0, 0.1) is 4.64 Å². The number of aromatic amines is 1. The van der Waals surface area contributed by atoms with Gasteiger partial charge in [-0.2, -0.15) is 0 Å². The van der Waals surface area contributed by atoms with Gasteiger partial charge in [-0.15, -0.1) is 0 Å². The van der Waals surface area contributed by atoms with Crippen LogP contribution in [0.3, 0.4) is 0 Å². The van der Waals surface area contributed by atoms with Gasteiger partial charge in [-0.1, -0.05) is 12.2 Å². The molecule has 4 N–H and O–H groups in total. The van der Waals surface area contributed by atoms with E-state index in [0.29, 0.717) is 0 Å². The predicted molar refractivity (Wildman–Crippen MR) is 58.9 cm³/mol. The molecule has 1 aromatic heterocycles. The second-order valence-electron chi connectivity index (χ2n) is 3.75. The number of aliphatic hydroxyl groups excluding tert-OH is 3. The molecular formula is C9H12N2O5S. The van der Waals surface area contributed by atoms with E-state index in [0.717, 1.165) is 4.57 Å². The molecule has 0 amide bonds. The number of rotatable bonds is 2. The van der Waals surface area contributed by atoms with Crippen molar-refractivity contribution in [1.82, 2.24) is 9.55 Å². The van der Waals surface area contributed by atoms with Gasteiger partial charge in [0.2, 0.25) is 0 Å². The van der Waals surface area contributed by atoms with E-state index in [2.05, 4.69) is 4.98 Å². The molecule has 1 saturated heterocycles. The van der Waals surface area contributed by atoms with Crippen LogP contribution in [0.2, 0.25) is 0 Å². The van der Waals surface area contributed by atoms with Crippen molar-refractivity contribution in [2.24, 2.45) is 0 Å². The number of hydrogen-bond acceptors (Lipinski definition) is 6. The van der Waals surface area contributed by atoms with Crippen LogP contribution in [0.25, 0.3) is 0 Å². The number of ether oxygens (including phenoxy) is 1. The Morgan fingerprint density at radius 2 is 2.18 bits per heavy atom. The third-order valence-electron chi connectivity index (χ3n) is 2.64. The summed E-state index contributed by atoms with van der Waals surface area (Å²) in [6, 6.07) is 1.46. The number of nitrogens with one attached hydrogen (secondary N) is 1. The third kappa shape index (κ3) is 2.17.